The Morgan fingerprint density at radius 2 is 2.14 bits per heavy atom. The van der Waals surface area contributed by atoms with Crippen LogP contribution in [0.4, 0.5) is 0 Å². The third kappa shape index (κ3) is 1.67. The first kappa shape index (κ1) is 8.97. The molecular weight excluding hydrogens is 178 g/mol. The van der Waals surface area contributed by atoms with Crippen molar-refractivity contribution in [3.8, 4) is 0 Å². The molecule has 1 N–H and O–H groups in total. The van der Waals surface area contributed by atoms with E-state index in [1.165, 1.54) is 0 Å². The number of benzene rings is 1. The molecule has 1 heterocycles. The number of rotatable bonds is 2. The predicted octanol–water partition coefficient (Wildman–Crippen LogP) is 1.47. The lowest BCUT2D eigenvalue weighted by atomic mass is 10.1. The normalized spacial score (nSPS) is 20.6. The number of carbonyl (C=O) groups is 1. The number of cyclic esters (lactones) is 1. The Kier molecular flexibility index (Phi) is 2.33. The van der Waals surface area contributed by atoms with E-state index < -0.39 is 0 Å². The Hall–Kier alpha value is -1.61. The topological polar surface area (TPSA) is 38.3 Å². The minimum Gasteiger partial charge on any atom is -0.441 e. The highest BCUT2D eigenvalue weighted by atomic mass is 16.6. The Labute approximate surface area is 82.4 Å². The molecule has 0 radical (unpaired) electrons. The molecule has 0 aliphatic carbocycles. The number of carbonyl (C=O) groups excluding carboxylic acids is 1. The van der Waals surface area contributed by atoms with Gasteiger partial charge in [0.2, 0.25) is 0 Å². The van der Waals surface area contributed by atoms with Crippen LogP contribution in [-0.2, 0) is 9.53 Å². The van der Waals surface area contributed by atoms with Crippen LogP contribution < -0.4 is 5.32 Å². The molecule has 1 aliphatic rings. The standard InChI is InChI=1S/C11H11NO2/c1-2-8-3-5-9(6-4-8)11-12-7-10(13)14-11/h2-6,11-12H,1,7H2. The van der Waals surface area contributed by atoms with E-state index in [0.29, 0.717) is 0 Å². The lowest BCUT2D eigenvalue weighted by Gasteiger charge is -2.09. The first-order valence-electron chi connectivity index (χ1n) is 4.45. The van der Waals surface area contributed by atoms with Crippen LogP contribution in [-0.4, -0.2) is 12.5 Å². The van der Waals surface area contributed by atoms with Gasteiger partial charge in [0.1, 0.15) is 0 Å². The average molecular weight is 189 g/mol. The lowest BCUT2D eigenvalue weighted by molar-refractivity contribution is -0.140. The number of esters is 1. The quantitative estimate of drug-likeness (QED) is 0.716. The second kappa shape index (κ2) is 3.64. The van der Waals surface area contributed by atoms with Crippen LogP contribution in [0.15, 0.2) is 30.8 Å². The summed E-state index contributed by atoms with van der Waals surface area (Å²) in [6.45, 7) is 3.95. The van der Waals surface area contributed by atoms with Gasteiger partial charge in [0.15, 0.2) is 6.23 Å². The molecule has 1 aromatic rings. The zero-order valence-electron chi connectivity index (χ0n) is 7.69. The molecule has 0 bridgehead atoms. The molecule has 3 heteroatoms. The monoisotopic (exact) mass is 189 g/mol. The summed E-state index contributed by atoms with van der Waals surface area (Å²) in [5.74, 6) is -0.206. The molecule has 1 aromatic carbocycles. The number of hydrogen-bond donors (Lipinski definition) is 1. The maximum absolute atomic E-state index is 10.8. The van der Waals surface area contributed by atoms with E-state index in [9.17, 15) is 4.79 Å². The second-order valence-electron chi connectivity index (χ2n) is 3.12. The first-order valence-corrected chi connectivity index (χ1v) is 4.45. The summed E-state index contributed by atoms with van der Waals surface area (Å²) in [6, 6.07) is 7.73. The van der Waals surface area contributed by atoms with Gasteiger partial charge in [-0.3, -0.25) is 10.1 Å². The van der Waals surface area contributed by atoms with Crippen LogP contribution in [0.3, 0.4) is 0 Å². The molecule has 72 valence electrons. The molecule has 1 unspecified atom stereocenters. The molecule has 1 atom stereocenters. The van der Waals surface area contributed by atoms with Gasteiger partial charge in [0, 0.05) is 5.56 Å². The van der Waals surface area contributed by atoms with Crippen LogP contribution in [0.2, 0.25) is 0 Å². The molecule has 0 saturated carbocycles. The van der Waals surface area contributed by atoms with Crippen molar-refractivity contribution in [3.63, 3.8) is 0 Å². The van der Waals surface area contributed by atoms with Gasteiger partial charge in [-0.2, -0.15) is 0 Å². The summed E-state index contributed by atoms with van der Waals surface area (Å²) in [5, 5.41) is 2.96. The lowest BCUT2D eigenvalue weighted by Crippen LogP contribution is -2.13. The van der Waals surface area contributed by atoms with Crippen molar-refractivity contribution >= 4 is 12.0 Å². The smallest absolute Gasteiger partial charge is 0.321 e. The predicted molar refractivity (Wildman–Crippen MR) is 53.4 cm³/mol. The van der Waals surface area contributed by atoms with E-state index in [0.717, 1.165) is 11.1 Å². The van der Waals surface area contributed by atoms with Gasteiger partial charge >= 0.3 is 5.97 Å². The van der Waals surface area contributed by atoms with Crippen LogP contribution >= 0.6 is 0 Å². The van der Waals surface area contributed by atoms with Crippen molar-refractivity contribution in [3.05, 3.63) is 42.0 Å². The van der Waals surface area contributed by atoms with E-state index in [2.05, 4.69) is 11.9 Å². The highest BCUT2D eigenvalue weighted by Gasteiger charge is 2.23. The average Bonchev–Trinajstić information content (AvgIpc) is 2.65. The molecule has 2 rings (SSSR count). The summed E-state index contributed by atoms with van der Waals surface area (Å²) in [6.07, 6.45) is 1.49. The molecule has 14 heavy (non-hydrogen) atoms. The van der Waals surface area contributed by atoms with Crippen molar-refractivity contribution in [2.75, 3.05) is 6.54 Å². The first-order chi connectivity index (χ1) is 6.79. The van der Waals surface area contributed by atoms with E-state index in [4.69, 9.17) is 4.74 Å². The van der Waals surface area contributed by atoms with E-state index >= 15 is 0 Å². The molecule has 0 aromatic heterocycles. The summed E-state index contributed by atoms with van der Waals surface area (Å²) in [4.78, 5) is 10.8. The molecule has 1 saturated heterocycles. The molecular formula is C11H11NO2. The highest BCUT2D eigenvalue weighted by molar-refractivity contribution is 5.73. The number of nitrogens with one attached hydrogen (secondary N) is 1. The molecule has 1 aliphatic heterocycles. The van der Waals surface area contributed by atoms with Crippen LogP contribution in [0.25, 0.3) is 6.08 Å². The van der Waals surface area contributed by atoms with Crippen LogP contribution in [0, 0.1) is 0 Å². The van der Waals surface area contributed by atoms with Gasteiger partial charge in [-0.05, 0) is 5.56 Å². The zero-order chi connectivity index (χ0) is 9.97. The molecule has 0 spiro atoms. The minimum absolute atomic E-state index is 0.206. The van der Waals surface area contributed by atoms with Gasteiger partial charge in [-0.15, -0.1) is 0 Å². The SMILES string of the molecule is C=Cc1ccc(C2NCC(=O)O2)cc1. The van der Waals surface area contributed by atoms with Gasteiger partial charge in [-0.1, -0.05) is 36.9 Å². The third-order valence-corrected chi connectivity index (χ3v) is 2.16. The zero-order valence-corrected chi connectivity index (χ0v) is 7.69. The Morgan fingerprint density at radius 3 is 2.64 bits per heavy atom. The molecule has 3 nitrogen and oxygen atoms in total. The van der Waals surface area contributed by atoms with Crippen LogP contribution in [0.1, 0.15) is 17.4 Å². The van der Waals surface area contributed by atoms with E-state index in [1.807, 2.05) is 24.3 Å². The molecule has 1 fully saturated rings. The van der Waals surface area contributed by atoms with E-state index in [1.54, 1.807) is 6.08 Å². The Morgan fingerprint density at radius 1 is 1.43 bits per heavy atom. The second-order valence-corrected chi connectivity index (χ2v) is 3.12. The maximum Gasteiger partial charge on any atom is 0.321 e. The highest BCUT2D eigenvalue weighted by Crippen LogP contribution is 2.18. The van der Waals surface area contributed by atoms with Crippen molar-refractivity contribution in [1.29, 1.82) is 0 Å². The fourth-order valence-electron chi connectivity index (χ4n) is 1.38. The number of ether oxygens (including phenoxy) is 1. The molecule has 0 amide bonds. The largest absolute Gasteiger partial charge is 0.441 e. The summed E-state index contributed by atoms with van der Waals surface area (Å²) >= 11 is 0. The van der Waals surface area contributed by atoms with Crippen molar-refractivity contribution in [2.24, 2.45) is 0 Å². The van der Waals surface area contributed by atoms with Crippen molar-refractivity contribution in [2.45, 2.75) is 6.23 Å². The van der Waals surface area contributed by atoms with Gasteiger partial charge in [0.25, 0.3) is 0 Å². The summed E-state index contributed by atoms with van der Waals surface area (Å²) in [5.41, 5.74) is 2.01. The Balaban J connectivity index is 2.16. The van der Waals surface area contributed by atoms with E-state index in [-0.39, 0.29) is 18.7 Å². The minimum atomic E-state index is -0.290. The maximum atomic E-state index is 10.8. The van der Waals surface area contributed by atoms with Crippen LogP contribution in [0.5, 0.6) is 0 Å². The fourth-order valence-corrected chi connectivity index (χ4v) is 1.38. The van der Waals surface area contributed by atoms with Gasteiger partial charge < -0.3 is 4.74 Å². The summed E-state index contributed by atoms with van der Waals surface area (Å²) < 4.78 is 5.04. The number of hydrogen-bond acceptors (Lipinski definition) is 3. The summed E-state index contributed by atoms with van der Waals surface area (Å²) in [7, 11) is 0. The van der Waals surface area contributed by atoms with Gasteiger partial charge in [0.05, 0.1) is 6.54 Å². The van der Waals surface area contributed by atoms with Gasteiger partial charge in [-0.25, -0.2) is 0 Å². The van der Waals surface area contributed by atoms with Crippen molar-refractivity contribution < 1.29 is 9.53 Å². The third-order valence-electron chi connectivity index (χ3n) is 2.16. The van der Waals surface area contributed by atoms with Crippen molar-refractivity contribution in [1.82, 2.24) is 5.32 Å². The fraction of sp³-hybridized carbons (Fsp3) is 0.182. The Bertz CT molecular complexity index is 356.